The van der Waals surface area contributed by atoms with Crippen LogP contribution in [0.3, 0.4) is 0 Å². The third kappa shape index (κ3) is 5.44. The molecule has 9 nitrogen and oxygen atoms in total. The van der Waals surface area contributed by atoms with Gasteiger partial charge in [-0.15, -0.1) is 0 Å². The number of benzene rings is 2. The third-order valence-corrected chi connectivity index (χ3v) is 6.69. The lowest BCUT2D eigenvalue weighted by Crippen LogP contribution is -2.35. The van der Waals surface area contributed by atoms with E-state index in [0.29, 0.717) is 48.6 Å². The minimum absolute atomic E-state index is 0.0391. The van der Waals surface area contributed by atoms with E-state index in [-0.39, 0.29) is 36.7 Å². The molecule has 0 saturated carbocycles. The maximum Gasteiger partial charge on any atom is 0.421 e. The maximum absolute atomic E-state index is 13.7. The zero-order valence-corrected chi connectivity index (χ0v) is 20.6. The highest BCUT2D eigenvalue weighted by Crippen LogP contribution is 2.36. The number of amides is 1. The highest BCUT2D eigenvalue weighted by atomic mass is 19.4. The molecule has 200 valence electrons. The molecule has 0 aliphatic carbocycles. The van der Waals surface area contributed by atoms with Crippen molar-refractivity contribution in [3.05, 3.63) is 59.3 Å². The van der Waals surface area contributed by atoms with E-state index in [9.17, 15) is 23.1 Å². The van der Waals surface area contributed by atoms with E-state index in [1.165, 1.54) is 7.11 Å². The summed E-state index contributed by atoms with van der Waals surface area (Å²) in [5.74, 6) is -0.103. The average molecular weight is 529 g/mol. The lowest BCUT2D eigenvalue weighted by atomic mass is 10.0. The number of piperidine rings is 1. The highest BCUT2D eigenvalue weighted by molar-refractivity contribution is 5.99. The summed E-state index contributed by atoms with van der Waals surface area (Å²) in [7, 11) is 1.50. The maximum atomic E-state index is 13.7. The first kappa shape index (κ1) is 25.6. The number of methoxy groups -OCH3 is 1. The Hall–Kier alpha value is -4.06. The normalized spacial score (nSPS) is 15.7. The van der Waals surface area contributed by atoms with Crippen LogP contribution in [0.15, 0.2) is 42.6 Å². The number of hydrogen-bond donors (Lipinski definition) is 4. The number of carbonyl (C=O) groups excluding carboxylic acids is 1. The lowest BCUT2D eigenvalue weighted by Gasteiger charge is -2.31. The van der Waals surface area contributed by atoms with Crippen LogP contribution < -0.4 is 25.6 Å². The van der Waals surface area contributed by atoms with Gasteiger partial charge in [-0.25, -0.2) is 4.98 Å². The molecule has 2 aliphatic heterocycles. The van der Waals surface area contributed by atoms with Gasteiger partial charge in [0.1, 0.15) is 17.1 Å². The quantitative estimate of drug-likeness (QED) is 0.359. The van der Waals surface area contributed by atoms with Crippen molar-refractivity contribution in [1.29, 1.82) is 0 Å². The number of halogens is 3. The Kier molecular flexibility index (Phi) is 6.98. The predicted molar refractivity (Wildman–Crippen MR) is 137 cm³/mol. The van der Waals surface area contributed by atoms with Crippen molar-refractivity contribution in [2.75, 3.05) is 41.0 Å². The van der Waals surface area contributed by atoms with Crippen molar-refractivity contribution in [3.63, 3.8) is 0 Å². The summed E-state index contributed by atoms with van der Waals surface area (Å²) in [4.78, 5) is 21.9. The van der Waals surface area contributed by atoms with Crippen LogP contribution in [0.5, 0.6) is 5.75 Å². The molecule has 38 heavy (non-hydrogen) atoms. The van der Waals surface area contributed by atoms with Crippen LogP contribution in [0.25, 0.3) is 0 Å². The number of aromatic nitrogens is 2. The number of nitrogens with one attached hydrogen (secondary N) is 3. The van der Waals surface area contributed by atoms with Gasteiger partial charge < -0.3 is 30.7 Å². The molecule has 1 fully saturated rings. The summed E-state index contributed by atoms with van der Waals surface area (Å²) in [6.45, 7) is 1.46. The van der Waals surface area contributed by atoms with Crippen LogP contribution in [0.4, 0.5) is 42.0 Å². The van der Waals surface area contributed by atoms with Crippen LogP contribution >= 0.6 is 0 Å². The molecule has 5 rings (SSSR count). The van der Waals surface area contributed by atoms with Gasteiger partial charge in [0.2, 0.25) is 11.9 Å². The molecule has 0 atom stereocenters. The van der Waals surface area contributed by atoms with Crippen molar-refractivity contribution in [2.24, 2.45) is 0 Å². The molecule has 1 saturated heterocycles. The first-order valence-electron chi connectivity index (χ1n) is 12.2. The molecule has 1 aromatic heterocycles. The Labute approximate surface area is 217 Å². The van der Waals surface area contributed by atoms with Crippen LogP contribution in [-0.2, 0) is 23.9 Å². The third-order valence-electron chi connectivity index (χ3n) is 6.69. The zero-order chi connectivity index (χ0) is 26.9. The van der Waals surface area contributed by atoms with E-state index in [4.69, 9.17) is 4.74 Å². The molecule has 12 heteroatoms. The Morgan fingerprint density at radius 2 is 2.00 bits per heavy atom. The minimum atomic E-state index is -4.67. The van der Waals surface area contributed by atoms with Crippen LogP contribution in [0.1, 0.15) is 29.5 Å². The zero-order valence-electron chi connectivity index (χ0n) is 20.6. The number of nitrogens with zero attached hydrogens (tertiary/aromatic N) is 3. The van der Waals surface area contributed by atoms with Crippen molar-refractivity contribution in [2.45, 2.75) is 38.1 Å². The van der Waals surface area contributed by atoms with Crippen LogP contribution in [-0.4, -0.2) is 47.3 Å². The standard InChI is InChI=1S/C26H27F3N6O3/c1-38-22-11-16(35-9-7-17(36)8-10-35)5-6-21(22)33-25-31-14-19(26(27,28)29)24(34-25)30-13-15-3-2-4-20-18(15)12-23(37)32-20/h2-6,11,14,17,36H,7-10,12-13H2,1H3,(H,32,37)(H2,30,31,33,34). The Morgan fingerprint density at radius 1 is 1.21 bits per heavy atom. The number of anilines is 5. The molecule has 3 aromatic rings. The number of hydrogen-bond acceptors (Lipinski definition) is 8. The van der Waals surface area contributed by atoms with Crippen LogP contribution in [0.2, 0.25) is 0 Å². The van der Waals surface area contributed by atoms with E-state index in [2.05, 4.69) is 30.8 Å². The summed E-state index contributed by atoms with van der Waals surface area (Å²) in [5.41, 5.74) is 2.51. The van der Waals surface area contributed by atoms with Gasteiger partial charge in [-0.05, 0) is 42.2 Å². The number of aliphatic hydroxyl groups excluding tert-OH is 1. The molecular formula is C26H27F3N6O3. The number of alkyl halides is 3. The van der Waals surface area contributed by atoms with E-state index in [0.717, 1.165) is 17.4 Å². The van der Waals surface area contributed by atoms with E-state index < -0.39 is 11.7 Å². The van der Waals surface area contributed by atoms with Gasteiger partial charge in [-0.3, -0.25) is 4.79 Å². The smallest absolute Gasteiger partial charge is 0.421 e. The largest absolute Gasteiger partial charge is 0.494 e. The topological polar surface area (TPSA) is 112 Å². The predicted octanol–water partition coefficient (Wildman–Crippen LogP) is 4.32. The molecule has 2 aromatic carbocycles. The van der Waals surface area contributed by atoms with Gasteiger partial charge in [0.15, 0.2) is 0 Å². The average Bonchev–Trinajstić information content (AvgIpc) is 3.28. The van der Waals surface area contributed by atoms with Crippen molar-refractivity contribution in [3.8, 4) is 5.75 Å². The van der Waals surface area contributed by atoms with Crippen molar-refractivity contribution in [1.82, 2.24) is 9.97 Å². The van der Waals surface area contributed by atoms with Gasteiger partial charge >= 0.3 is 6.18 Å². The highest BCUT2D eigenvalue weighted by Gasteiger charge is 2.35. The monoisotopic (exact) mass is 528 g/mol. The molecule has 3 heterocycles. The fourth-order valence-electron chi connectivity index (χ4n) is 4.67. The number of carbonyl (C=O) groups is 1. The van der Waals surface area contributed by atoms with Gasteiger partial charge in [0.05, 0.1) is 25.3 Å². The second kappa shape index (κ2) is 10.4. The molecule has 0 unspecified atom stereocenters. The molecule has 0 spiro atoms. The number of aliphatic hydroxyl groups is 1. The van der Waals surface area contributed by atoms with Gasteiger partial charge in [-0.1, -0.05) is 12.1 Å². The summed E-state index contributed by atoms with van der Waals surface area (Å²) in [6, 6.07) is 10.7. The molecule has 4 N–H and O–H groups in total. The van der Waals surface area contributed by atoms with E-state index in [1.807, 2.05) is 12.1 Å². The lowest BCUT2D eigenvalue weighted by molar-refractivity contribution is -0.137. The molecule has 0 bridgehead atoms. The van der Waals surface area contributed by atoms with Gasteiger partial charge in [0.25, 0.3) is 0 Å². The summed E-state index contributed by atoms with van der Waals surface area (Å²) < 4.78 is 46.7. The second-order valence-corrected chi connectivity index (χ2v) is 9.20. The molecule has 2 aliphatic rings. The van der Waals surface area contributed by atoms with Gasteiger partial charge in [0, 0.05) is 43.3 Å². The first-order valence-corrected chi connectivity index (χ1v) is 12.2. The van der Waals surface area contributed by atoms with Crippen molar-refractivity contribution >= 4 is 34.7 Å². The summed E-state index contributed by atoms with van der Waals surface area (Å²) in [6.07, 6.45) is -2.71. The number of ether oxygens (including phenoxy) is 1. The molecular weight excluding hydrogens is 501 g/mol. The Morgan fingerprint density at radius 3 is 2.74 bits per heavy atom. The fourth-order valence-corrected chi connectivity index (χ4v) is 4.67. The van der Waals surface area contributed by atoms with Gasteiger partial charge in [-0.2, -0.15) is 18.2 Å². The Balaban J connectivity index is 1.38. The summed E-state index contributed by atoms with van der Waals surface area (Å²) >= 11 is 0. The summed E-state index contributed by atoms with van der Waals surface area (Å²) in [5, 5.41) is 18.2. The van der Waals surface area contributed by atoms with E-state index in [1.54, 1.807) is 24.3 Å². The van der Waals surface area contributed by atoms with Crippen LogP contribution in [0, 0.1) is 0 Å². The van der Waals surface area contributed by atoms with Crippen molar-refractivity contribution < 1.29 is 27.8 Å². The Bertz CT molecular complexity index is 1340. The molecule has 1 amide bonds. The number of fused-ring (bicyclic) bond motifs is 1. The fraction of sp³-hybridized carbons (Fsp3) is 0.346. The first-order chi connectivity index (χ1) is 18.2. The molecule has 0 radical (unpaired) electrons. The second-order valence-electron chi connectivity index (χ2n) is 9.20. The minimum Gasteiger partial charge on any atom is -0.494 e. The number of rotatable bonds is 7. The van der Waals surface area contributed by atoms with E-state index >= 15 is 0 Å². The SMILES string of the molecule is COc1cc(N2CCC(O)CC2)ccc1Nc1ncc(C(F)(F)F)c(NCc2cccc3c2CC(=O)N3)n1.